The molecule has 5 nitrogen and oxygen atoms in total. The third-order valence-corrected chi connectivity index (χ3v) is 2.81. The van der Waals surface area contributed by atoms with E-state index in [1.54, 1.807) is 31.5 Å². The molecule has 0 radical (unpaired) electrons. The van der Waals surface area contributed by atoms with Gasteiger partial charge in [-0.3, -0.25) is 0 Å². The van der Waals surface area contributed by atoms with Crippen LogP contribution in [0.5, 0.6) is 17.4 Å². The minimum absolute atomic E-state index is 0.0413. The van der Waals surface area contributed by atoms with Crippen molar-refractivity contribution in [1.29, 1.82) is 0 Å². The van der Waals surface area contributed by atoms with Crippen LogP contribution in [-0.4, -0.2) is 22.3 Å². The fourth-order valence-corrected chi connectivity index (χ4v) is 1.81. The monoisotopic (exact) mass is 260 g/mol. The SMILES string of the molecule is COc1ccc(NC(C)c2ccc(O)cc2O)cn1. The molecule has 1 unspecified atom stereocenters. The van der Waals surface area contributed by atoms with Crippen LogP contribution >= 0.6 is 0 Å². The van der Waals surface area contributed by atoms with Crippen LogP contribution in [0.3, 0.4) is 0 Å². The predicted octanol–water partition coefficient (Wildman–Crippen LogP) is 2.67. The van der Waals surface area contributed by atoms with Gasteiger partial charge in [-0.25, -0.2) is 4.98 Å². The molecule has 1 aromatic heterocycles. The van der Waals surface area contributed by atoms with Crippen LogP contribution in [0.2, 0.25) is 0 Å². The van der Waals surface area contributed by atoms with Crippen molar-refractivity contribution in [1.82, 2.24) is 4.98 Å². The Morgan fingerprint density at radius 1 is 1.21 bits per heavy atom. The molecule has 0 saturated carbocycles. The van der Waals surface area contributed by atoms with Crippen LogP contribution in [0.25, 0.3) is 0 Å². The lowest BCUT2D eigenvalue weighted by molar-refractivity contribution is 0.398. The molecule has 0 bridgehead atoms. The number of hydrogen-bond donors (Lipinski definition) is 3. The van der Waals surface area contributed by atoms with E-state index in [0.29, 0.717) is 11.4 Å². The standard InChI is InChI=1S/C14H16N2O3/c1-9(12-5-4-11(17)7-13(12)18)16-10-3-6-14(19-2)15-8-10/h3-9,16-18H,1-2H3. The first-order valence-electron chi connectivity index (χ1n) is 5.88. The van der Waals surface area contributed by atoms with Crippen LogP contribution in [-0.2, 0) is 0 Å². The molecular formula is C14H16N2O3. The smallest absolute Gasteiger partial charge is 0.213 e. The average Bonchev–Trinajstić information content (AvgIpc) is 2.39. The molecule has 1 atom stereocenters. The number of nitrogens with zero attached hydrogens (tertiary/aromatic N) is 1. The Labute approximate surface area is 111 Å². The minimum Gasteiger partial charge on any atom is -0.508 e. The number of phenolic OH excluding ortho intramolecular Hbond substituents is 2. The quantitative estimate of drug-likeness (QED) is 0.788. The maximum Gasteiger partial charge on any atom is 0.213 e. The van der Waals surface area contributed by atoms with E-state index in [-0.39, 0.29) is 17.5 Å². The molecule has 0 saturated heterocycles. The van der Waals surface area contributed by atoms with Crippen LogP contribution in [0, 0.1) is 0 Å². The van der Waals surface area contributed by atoms with Crippen molar-refractivity contribution in [3.8, 4) is 17.4 Å². The van der Waals surface area contributed by atoms with Gasteiger partial charge in [0.1, 0.15) is 11.5 Å². The summed E-state index contributed by atoms with van der Waals surface area (Å²) in [6.07, 6.45) is 1.66. The molecular weight excluding hydrogens is 244 g/mol. The van der Waals surface area contributed by atoms with E-state index in [2.05, 4.69) is 10.3 Å². The van der Waals surface area contributed by atoms with E-state index in [1.807, 2.05) is 13.0 Å². The molecule has 0 aliphatic rings. The maximum atomic E-state index is 9.79. The summed E-state index contributed by atoms with van der Waals surface area (Å²) in [4.78, 5) is 4.09. The summed E-state index contributed by atoms with van der Waals surface area (Å²) in [5.74, 6) is 0.645. The Kier molecular flexibility index (Phi) is 3.75. The summed E-state index contributed by atoms with van der Waals surface area (Å²) in [5, 5.41) is 22.3. The molecule has 1 heterocycles. The Hall–Kier alpha value is -2.43. The van der Waals surface area contributed by atoms with Crippen molar-refractivity contribution >= 4 is 5.69 Å². The lowest BCUT2D eigenvalue weighted by Gasteiger charge is -2.17. The molecule has 5 heteroatoms. The first-order chi connectivity index (χ1) is 9.10. The van der Waals surface area contributed by atoms with Gasteiger partial charge in [0, 0.05) is 17.7 Å². The van der Waals surface area contributed by atoms with Crippen LogP contribution in [0.4, 0.5) is 5.69 Å². The van der Waals surface area contributed by atoms with Gasteiger partial charge in [-0.15, -0.1) is 0 Å². The normalized spacial score (nSPS) is 11.9. The Balaban J connectivity index is 2.13. The van der Waals surface area contributed by atoms with E-state index in [1.165, 1.54) is 6.07 Å². The van der Waals surface area contributed by atoms with Gasteiger partial charge in [-0.05, 0) is 25.1 Å². The van der Waals surface area contributed by atoms with Crippen molar-refractivity contribution in [2.75, 3.05) is 12.4 Å². The highest BCUT2D eigenvalue weighted by Gasteiger charge is 2.11. The lowest BCUT2D eigenvalue weighted by Crippen LogP contribution is -2.07. The van der Waals surface area contributed by atoms with E-state index in [9.17, 15) is 10.2 Å². The summed E-state index contributed by atoms with van der Waals surface area (Å²) in [7, 11) is 1.56. The van der Waals surface area contributed by atoms with E-state index < -0.39 is 0 Å². The predicted molar refractivity (Wildman–Crippen MR) is 72.6 cm³/mol. The van der Waals surface area contributed by atoms with E-state index in [0.717, 1.165) is 5.69 Å². The fraction of sp³-hybridized carbons (Fsp3) is 0.214. The zero-order chi connectivity index (χ0) is 13.8. The molecule has 0 amide bonds. The van der Waals surface area contributed by atoms with E-state index >= 15 is 0 Å². The Morgan fingerprint density at radius 2 is 2.00 bits per heavy atom. The number of anilines is 1. The van der Waals surface area contributed by atoms with Crippen LogP contribution in [0.1, 0.15) is 18.5 Å². The van der Waals surface area contributed by atoms with Gasteiger partial charge in [0.25, 0.3) is 0 Å². The van der Waals surface area contributed by atoms with Crippen molar-refractivity contribution < 1.29 is 14.9 Å². The number of methoxy groups -OCH3 is 1. The number of aromatic hydroxyl groups is 2. The second-order valence-electron chi connectivity index (χ2n) is 4.20. The van der Waals surface area contributed by atoms with Gasteiger partial charge < -0.3 is 20.3 Å². The van der Waals surface area contributed by atoms with E-state index in [4.69, 9.17) is 4.74 Å². The van der Waals surface area contributed by atoms with Gasteiger partial charge in [0.15, 0.2) is 0 Å². The summed E-state index contributed by atoms with van der Waals surface area (Å²) in [6, 6.07) is 8.03. The molecule has 100 valence electrons. The number of hydrogen-bond acceptors (Lipinski definition) is 5. The third-order valence-electron chi connectivity index (χ3n) is 2.81. The number of phenols is 2. The Bertz CT molecular complexity index is 555. The number of aromatic nitrogens is 1. The molecule has 0 fully saturated rings. The third kappa shape index (κ3) is 3.07. The largest absolute Gasteiger partial charge is 0.508 e. The number of pyridine rings is 1. The summed E-state index contributed by atoms with van der Waals surface area (Å²) >= 11 is 0. The molecule has 0 spiro atoms. The van der Waals surface area contributed by atoms with Crippen LogP contribution in [0.15, 0.2) is 36.5 Å². The maximum absolute atomic E-state index is 9.79. The zero-order valence-electron chi connectivity index (χ0n) is 10.8. The fourth-order valence-electron chi connectivity index (χ4n) is 1.81. The summed E-state index contributed by atoms with van der Waals surface area (Å²) in [5.41, 5.74) is 1.52. The van der Waals surface area contributed by atoms with Crippen molar-refractivity contribution in [2.24, 2.45) is 0 Å². The highest BCUT2D eigenvalue weighted by Crippen LogP contribution is 2.29. The number of ether oxygens (including phenoxy) is 1. The molecule has 0 aliphatic carbocycles. The van der Waals surface area contributed by atoms with Gasteiger partial charge in [-0.1, -0.05) is 0 Å². The summed E-state index contributed by atoms with van der Waals surface area (Å²) in [6.45, 7) is 1.91. The first-order valence-corrected chi connectivity index (χ1v) is 5.88. The summed E-state index contributed by atoms with van der Waals surface area (Å²) < 4.78 is 4.98. The Morgan fingerprint density at radius 3 is 2.58 bits per heavy atom. The van der Waals surface area contributed by atoms with Gasteiger partial charge in [0.2, 0.25) is 5.88 Å². The van der Waals surface area contributed by atoms with Crippen molar-refractivity contribution in [3.05, 3.63) is 42.1 Å². The number of nitrogens with one attached hydrogen (secondary N) is 1. The zero-order valence-corrected chi connectivity index (χ0v) is 10.8. The highest BCUT2D eigenvalue weighted by atomic mass is 16.5. The number of benzene rings is 1. The number of rotatable bonds is 4. The second kappa shape index (κ2) is 5.48. The molecule has 2 aromatic rings. The topological polar surface area (TPSA) is 74.6 Å². The lowest BCUT2D eigenvalue weighted by atomic mass is 10.1. The van der Waals surface area contributed by atoms with Gasteiger partial charge >= 0.3 is 0 Å². The first kappa shape index (κ1) is 13.0. The molecule has 1 aromatic carbocycles. The molecule has 0 aliphatic heterocycles. The van der Waals surface area contributed by atoms with Gasteiger partial charge in [0.05, 0.1) is 25.0 Å². The van der Waals surface area contributed by atoms with Crippen LogP contribution < -0.4 is 10.1 Å². The highest BCUT2D eigenvalue weighted by molar-refractivity contribution is 5.48. The average molecular weight is 260 g/mol. The van der Waals surface area contributed by atoms with Gasteiger partial charge in [-0.2, -0.15) is 0 Å². The second-order valence-corrected chi connectivity index (χ2v) is 4.20. The molecule has 19 heavy (non-hydrogen) atoms. The molecule has 3 N–H and O–H groups in total. The van der Waals surface area contributed by atoms with Crippen molar-refractivity contribution in [3.63, 3.8) is 0 Å². The van der Waals surface area contributed by atoms with Crippen molar-refractivity contribution in [2.45, 2.75) is 13.0 Å². The molecule has 2 rings (SSSR count). The minimum atomic E-state index is -0.115.